The number of aryl methyl sites for hydroxylation is 1. The molecule has 5 unspecified atom stereocenters. The van der Waals surface area contributed by atoms with Crippen LogP contribution in [0.3, 0.4) is 0 Å². The average molecular weight is 1290 g/mol. The van der Waals surface area contributed by atoms with Crippen LogP contribution < -0.4 is 38.2 Å². The monoisotopic (exact) mass is 1290 g/mol. The first-order chi connectivity index (χ1) is 40.6. The Morgan fingerprint density at radius 1 is 0.709 bits per heavy atom. The molecule has 3 aliphatic rings. The number of benzene rings is 1. The first-order valence-corrected chi connectivity index (χ1v) is 30.8. The van der Waals surface area contributed by atoms with Crippen molar-refractivity contribution in [3.05, 3.63) is 81.9 Å². The molecule has 466 valence electrons. The zero-order chi connectivity index (χ0) is 61.8. The van der Waals surface area contributed by atoms with E-state index >= 15 is 0 Å². The predicted octanol–water partition coefficient (Wildman–Crippen LogP) is -2.53. The van der Waals surface area contributed by atoms with Gasteiger partial charge in [-0.2, -0.15) is 13.6 Å². The van der Waals surface area contributed by atoms with Gasteiger partial charge in [0.15, 0.2) is 41.4 Å². The Hall–Kier alpha value is -6.62. The number of carbonyl (C=O) groups is 1. The van der Waals surface area contributed by atoms with E-state index in [0.717, 1.165) is 30.7 Å². The van der Waals surface area contributed by atoms with Crippen LogP contribution in [0, 0.1) is 5.92 Å². The lowest BCUT2D eigenvalue weighted by molar-refractivity contribution is -0.745. The molecule has 0 radical (unpaired) electrons. The van der Waals surface area contributed by atoms with Crippen LogP contribution in [0.2, 0.25) is 0 Å². The van der Waals surface area contributed by atoms with Gasteiger partial charge in [-0.3, -0.25) is 51.4 Å². The molecular formula is C41H53N16O25P4+. The summed E-state index contributed by atoms with van der Waals surface area (Å²) in [6, 6.07) is 8.67. The number of alkyl carbamates (subject to hydrolysis) is 1. The highest BCUT2D eigenvalue weighted by atomic mass is 31.3. The van der Waals surface area contributed by atoms with Gasteiger partial charge in [-0.1, -0.05) is 35.3 Å². The number of aromatic amines is 2. The van der Waals surface area contributed by atoms with Crippen LogP contribution in [0.25, 0.3) is 33.5 Å². The quantitative estimate of drug-likeness (QED) is 0.0232. The largest absolute Gasteiger partial charge is 0.490 e. The van der Waals surface area contributed by atoms with Gasteiger partial charge in [0.2, 0.25) is 17.7 Å². The number of anilines is 3. The number of ether oxygens (including phenoxy) is 5. The van der Waals surface area contributed by atoms with Crippen LogP contribution in [-0.2, 0) is 82.3 Å². The van der Waals surface area contributed by atoms with Crippen LogP contribution in [0.1, 0.15) is 24.2 Å². The third kappa shape index (κ3) is 13.3. The molecule has 3 fully saturated rings. The number of aliphatic hydroxyl groups excluding tert-OH is 3. The summed E-state index contributed by atoms with van der Waals surface area (Å²) >= 11 is 0. The Labute approximate surface area is 478 Å². The number of H-pyrrole nitrogens is 2. The molecule has 45 heteroatoms. The molecule has 41 nitrogen and oxygen atoms in total. The number of nitrogens with two attached hydrogens (primary N) is 3. The summed E-state index contributed by atoms with van der Waals surface area (Å²) in [5.41, 5.74) is 16.3. The summed E-state index contributed by atoms with van der Waals surface area (Å²) in [7, 11) is -21.2. The normalized spacial score (nSPS) is 27.9. The minimum absolute atomic E-state index is 0.00202. The number of methoxy groups -OCH3 is 1. The third-order valence-corrected chi connectivity index (χ3v) is 18.7. The molecule has 0 bridgehead atoms. The number of fused-ring (bicyclic) bond motifs is 3. The van der Waals surface area contributed by atoms with Crippen LogP contribution in [0.4, 0.5) is 22.5 Å². The fourth-order valence-electron chi connectivity index (χ4n) is 9.58. The number of imidazole rings is 3. The van der Waals surface area contributed by atoms with E-state index < -0.39 is 148 Å². The van der Waals surface area contributed by atoms with Crippen molar-refractivity contribution in [3.8, 4) is 0 Å². The number of nitrogens with zero attached hydrogens (tertiary/aromatic N) is 10. The number of phosphoric ester groups is 3. The van der Waals surface area contributed by atoms with Gasteiger partial charge in [0, 0.05) is 13.7 Å². The number of aliphatic hydroxyl groups is 3. The molecule has 16 N–H and O–H groups in total. The fourth-order valence-corrected chi connectivity index (χ4v) is 14.1. The van der Waals surface area contributed by atoms with E-state index in [0.29, 0.717) is 5.56 Å². The maximum Gasteiger partial charge on any atom is 0.490 e. The summed E-state index contributed by atoms with van der Waals surface area (Å²) in [6.45, 7) is -4.03. The smallest absolute Gasteiger partial charge is 0.449 e. The first-order valence-electron chi connectivity index (χ1n) is 24.9. The minimum Gasteiger partial charge on any atom is -0.449 e. The van der Waals surface area contributed by atoms with Crippen molar-refractivity contribution in [2.24, 2.45) is 13.0 Å². The lowest BCUT2D eigenvalue weighted by Crippen LogP contribution is -2.46. The Morgan fingerprint density at radius 3 is 2.02 bits per heavy atom. The second kappa shape index (κ2) is 24.5. The van der Waals surface area contributed by atoms with Gasteiger partial charge >= 0.3 is 43.0 Å². The number of phosphoric acid groups is 4. The van der Waals surface area contributed by atoms with Crippen molar-refractivity contribution < 1.29 is 113 Å². The maximum atomic E-state index is 13.8. The molecule has 3 saturated heterocycles. The number of amides is 1. The number of hydrogen-bond donors (Lipinski definition) is 13. The molecule has 3 aliphatic heterocycles. The molecule has 7 aromatic rings. The first kappa shape index (κ1) is 62.4. The topological polar surface area (TPSA) is 580 Å². The number of nitrogens with one attached hydrogen (secondary N) is 3. The summed E-state index contributed by atoms with van der Waals surface area (Å²) in [4.78, 5) is 110. The lowest BCUT2D eigenvalue weighted by Gasteiger charge is -2.26. The SMILES string of the molecule is CO[C@@H]1[C@H](OP(=O)(O)OC[C@H]2O[C@@H](n3cnc4c(=O)[nH]c(N)nc43)[C@H](O)[C@@H]2O)C(COP(=O)(O)OP(=O)(O)OP(=O)(O)OC[C@H]2O[C@@H]([n+]3cn(C)c4c(=O)[nH]c(N)nc43)[C@H](O)[C@@H]2COC(=O)NCc2ccccc2)O[C@H]1n1cnc2c(N)ncnc21. The minimum atomic E-state index is -6.28. The second-order valence-electron chi connectivity index (χ2n) is 19.1. The molecule has 6 aromatic heterocycles. The van der Waals surface area contributed by atoms with Crippen LogP contribution in [-0.4, -0.2) is 177 Å². The summed E-state index contributed by atoms with van der Waals surface area (Å²) < 4.78 is 117. The Morgan fingerprint density at radius 2 is 1.33 bits per heavy atom. The van der Waals surface area contributed by atoms with E-state index in [1.807, 2.05) is 0 Å². The van der Waals surface area contributed by atoms with Crippen molar-refractivity contribution in [1.29, 1.82) is 0 Å². The van der Waals surface area contributed by atoms with Crippen molar-refractivity contribution in [2.45, 2.75) is 74.1 Å². The Balaban J connectivity index is 0.811. The summed E-state index contributed by atoms with van der Waals surface area (Å²) in [5.74, 6) is -2.08. The van der Waals surface area contributed by atoms with Crippen molar-refractivity contribution in [3.63, 3.8) is 0 Å². The molecular weight excluding hydrogens is 1240 g/mol. The fraction of sp³-hybridized carbons (Fsp3) is 0.463. The van der Waals surface area contributed by atoms with Crippen LogP contribution in [0.15, 0.2) is 65.2 Å². The van der Waals surface area contributed by atoms with E-state index in [4.69, 9.17) is 59.0 Å². The molecule has 1 amide bonds. The molecule has 0 spiro atoms. The second-order valence-corrected chi connectivity index (χ2v) is 25.1. The highest BCUT2D eigenvalue weighted by molar-refractivity contribution is 7.66. The highest BCUT2D eigenvalue weighted by Gasteiger charge is 2.54. The molecule has 0 saturated carbocycles. The third-order valence-electron chi connectivity index (χ3n) is 13.4. The van der Waals surface area contributed by atoms with E-state index in [9.17, 15) is 67.5 Å². The standard InChI is InChI=1S/C41H52N16O25P4/c1-54-16-57(33-24(54)35(62)53-40(44)51-33)36-25(58)18(9-73-41(63)45-8-17-6-4-3-5-7-17)19(77-36)10-75-84(66,67)81-86(70,71)82-85(68,69)76-12-21-28(29(72-2)38(79-21)55-14-48-22-30(42)46-13-47-31(22)55)80-83(64,65)74-11-20-26(59)27(60)37(78-20)56-15-49-23-32(56)50-39(43)52-34(23)61/h3-7,13-16,18-21,25-29,36-38,58-60H,8-12H2,1-2H3,(H12-,42,43,44,45,46,47,50,51,52,53,61,62,63,64,65,66,67,68,69,70,71)/p+1/t18-,19-,20-,21?,25-,26-,27-,28-,29-,36-,37-,38-/m1/s1. The number of aromatic nitrogens is 12. The maximum absolute atomic E-state index is 13.8. The Bertz CT molecular complexity index is 3990. The number of nitrogen functional groups attached to an aromatic ring is 3. The number of carbonyl (C=O) groups excluding carboxylic acids is 1. The zero-order valence-corrected chi connectivity index (χ0v) is 47.7. The molecule has 0 aliphatic carbocycles. The molecule has 9 heterocycles. The average Bonchev–Trinajstić information content (AvgIpc) is 2.34. The highest BCUT2D eigenvalue weighted by Crippen LogP contribution is 2.68. The van der Waals surface area contributed by atoms with Gasteiger partial charge in [0.05, 0.1) is 51.5 Å². The zero-order valence-electron chi connectivity index (χ0n) is 44.1. The summed E-state index contributed by atoms with van der Waals surface area (Å²) in [6.07, 6.45) is -14.7. The van der Waals surface area contributed by atoms with Gasteiger partial charge in [0.1, 0.15) is 61.2 Å². The van der Waals surface area contributed by atoms with Crippen molar-refractivity contribution in [2.75, 3.05) is 50.7 Å². The van der Waals surface area contributed by atoms with Crippen molar-refractivity contribution >= 4 is 88.6 Å². The van der Waals surface area contributed by atoms with Gasteiger partial charge in [-0.25, -0.2) is 47.6 Å². The van der Waals surface area contributed by atoms with Gasteiger partial charge in [-0.05, 0) is 5.56 Å². The van der Waals surface area contributed by atoms with Gasteiger partial charge in [-0.15, -0.1) is 0 Å². The van der Waals surface area contributed by atoms with E-state index in [1.54, 1.807) is 30.3 Å². The number of hydrogen-bond acceptors (Lipinski definition) is 30. The van der Waals surface area contributed by atoms with Gasteiger partial charge < -0.3 is 81.1 Å². The number of rotatable bonds is 23. The predicted molar refractivity (Wildman–Crippen MR) is 281 cm³/mol. The van der Waals surface area contributed by atoms with E-state index in [-0.39, 0.29) is 57.8 Å². The lowest BCUT2D eigenvalue weighted by atomic mass is 9.99. The van der Waals surface area contributed by atoms with E-state index in [1.165, 1.54) is 27.1 Å². The Kier molecular flexibility index (Phi) is 17.8. The van der Waals surface area contributed by atoms with Crippen LogP contribution in [0.5, 0.6) is 0 Å². The van der Waals surface area contributed by atoms with Gasteiger partial charge in [0.25, 0.3) is 17.1 Å². The van der Waals surface area contributed by atoms with E-state index in [2.05, 4.69) is 53.8 Å². The summed E-state index contributed by atoms with van der Waals surface area (Å²) in [5, 5.41) is 36.0. The molecule has 1 aromatic carbocycles. The molecule has 86 heavy (non-hydrogen) atoms. The molecule has 16 atom stereocenters. The molecule has 10 rings (SSSR count). The van der Waals surface area contributed by atoms with Crippen LogP contribution >= 0.6 is 31.3 Å². The van der Waals surface area contributed by atoms with Crippen molar-refractivity contribution in [1.82, 2.24) is 58.9 Å².